The second-order valence-electron chi connectivity index (χ2n) is 9.51. The number of methoxy groups -OCH3 is 2. The summed E-state index contributed by atoms with van der Waals surface area (Å²) in [5, 5.41) is 2.56. The number of halogens is 8. The van der Waals surface area contributed by atoms with E-state index in [2.05, 4.69) is 5.32 Å². The maximum atomic E-state index is 14.9. The molecule has 0 aliphatic carbocycles. The predicted octanol–water partition coefficient (Wildman–Crippen LogP) is 7.94. The van der Waals surface area contributed by atoms with Crippen LogP contribution in [0, 0.1) is 11.6 Å². The molecule has 0 aliphatic heterocycles. The average Bonchev–Trinajstić information content (AvgIpc) is 2.95. The van der Waals surface area contributed by atoms with Crippen LogP contribution in [0.2, 0.25) is 0 Å². The Kier molecular flexibility index (Phi) is 8.70. The molecule has 0 spiro atoms. The van der Waals surface area contributed by atoms with Crippen molar-refractivity contribution >= 4 is 5.91 Å². The van der Waals surface area contributed by atoms with Crippen LogP contribution in [0.4, 0.5) is 35.1 Å². The minimum Gasteiger partial charge on any atom is -0.493 e. The molecule has 4 rings (SSSR count). The number of ether oxygens (including phenoxy) is 2. The van der Waals surface area contributed by atoms with E-state index in [0.717, 1.165) is 12.1 Å². The Morgan fingerprint density at radius 3 is 1.95 bits per heavy atom. The maximum absolute atomic E-state index is 14.9. The Morgan fingerprint density at radius 1 is 0.698 bits per heavy atom. The van der Waals surface area contributed by atoms with E-state index >= 15 is 0 Å². The highest BCUT2D eigenvalue weighted by Gasteiger charge is 2.41. The van der Waals surface area contributed by atoms with Gasteiger partial charge in [0.05, 0.1) is 30.9 Å². The Bertz CT molecular complexity index is 1620. The van der Waals surface area contributed by atoms with Crippen LogP contribution in [0.15, 0.2) is 84.9 Å². The molecule has 4 aromatic rings. The van der Waals surface area contributed by atoms with Crippen LogP contribution in [0.25, 0.3) is 0 Å². The van der Waals surface area contributed by atoms with Gasteiger partial charge in [0.15, 0.2) is 11.5 Å². The lowest BCUT2D eigenvalue weighted by Crippen LogP contribution is -2.49. The second kappa shape index (κ2) is 11.9. The van der Waals surface area contributed by atoms with Crippen LogP contribution in [0.1, 0.15) is 38.2 Å². The summed E-state index contributed by atoms with van der Waals surface area (Å²) >= 11 is 0. The predicted molar refractivity (Wildman–Crippen MR) is 141 cm³/mol. The number of hydrogen-bond donors (Lipinski definition) is 1. The molecule has 4 aromatic carbocycles. The SMILES string of the molecule is COc1ccc([C@@](Cc2ccccc2)(NC(=O)c2ccc(F)c(C(F)(F)F)c2)c2cc(F)cc(C(F)(F)F)c2)cc1OC. The number of hydrogen-bond acceptors (Lipinski definition) is 3. The van der Waals surface area contributed by atoms with E-state index in [4.69, 9.17) is 9.47 Å². The quantitative estimate of drug-likeness (QED) is 0.207. The molecule has 1 atom stereocenters. The number of nitrogens with one attached hydrogen (secondary N) is 1. The van der Waals surface area contributed by atoms with Gasteiger partial charge in [-0.05, 0) is 65.2 Å². The summed E-state index contributed by atoms with van der Waals surface area (Å²) in [5.74, 6) is -3.79. The summed E-state index contributed by atoms with van der Waals surface area (Å²) in [6, 6.07) is 15.5. The summed E-state index contributed by atoms with van der Waals surface area (Å²) in [4.78, 5) is 13.7. The number of benzene rings is 4. The Balaban J connectivity index is 2.03. The smallest absolute Gasteiger partial charge is 0.419 e. The van der Waals surface area contributed by atoms with E-state index in [0.29, 0.717) is 23.8 Å². The van der Waals surface area contributed by atoms with Crippen LogP contribution in [-0.4, -0.2) is 20.1 Å². The maximum Gasteiger partial charge on any atom is 0.419 e. The van der Waals surface area contributed by atoms with Crippen LogP contribution in [0.5, 0.6) is 11.5 Å². The molecule has 0 saturated carbocycles. The van der Waals surface area contributed by atoms with Gasteiger partial charge in [0, 0.05) is 12.0 Å². The second-order valence-corrected chi connectivity index (χ2v) is 9.51. The van der Waals surface area contributed by atoms with E-state index in [1.807, 2.05) is 0 Å². The lowest BCUT2D eigenvalue weighted by atomic mass is 9.77. The molecule has 0 bridgehead atoms. The van der Waals surface area contributed by atoms with E-state index in [9.17, 15) is 39.9 Å². The summed E-state index contributed by atoms with van der Waals surface area (Å²) < 4.78 is 121. The highest BCUT2D eigenvalue weighted by molar-refractivity contribution is 5.95. The van der Waals surface area contributed by atoms with Crippen LogP contribution in [-0.2, 0) is 24.3 Å². The van der Waals surface area contributed by atoms with Gasteiger partial charge in [0.2, 0.25) is 0 Å². The average molecular weight is 610 g/mol. The lowest BCUT2D eigenvalue weighted by molar-refractivity contribution is -0.140. The molecule has 0 fully saturated rings. The molecule has 12 heteroatoms. The molecule has 0 saturated heterocycles. The van der Waals surface area contributed by atoms with Gasteiger partial charge in [-0.15, -0.1) is 0 Å². The first-order valence-corrected chi connectivity index (χ1v) is 12.5. The first-order valence-electron chi connectivity index (χ1n) is 12.5. The van der Waals surface area contributed by atoms with Gasteiger partial charge in [-0.3, -0.25) is 4.79 Å². The molecule has 226 valence electrons. The van der Waals surface area contributed by atoms with Crippen molar-refractivity contribution in [1.82, 2.24) is 5.32 Å². The number of rotatable bonds is 8. The molecule has 0 aliphatic rings. The minimum atomic E-state index is -5.14. The zero-order chi connectivity index (χ0) is 31.6. The van der Waals surface area contributed by atoms with Crippen molar-refractivity contribution in [3.63, 3.8) is 0 Å². The first kappa shape index (κ1) is 31.3. The van der Waals surface area contributed by atoms with Crippen molar-refractivity contribution in [2.24, 2.45) is 0 Å². The van der Waals surface area contributed by atoms with Crippen molar-refractivity contribution < 1.29 is 49.4 Å². The first-order chi connectivity index (χ1) is 20.2. The third-order valence-corrected chi connectivity index (χ3v) is 6.77. The highest BCUT2D eigenvalue weighted by Crippen LogP contribution is 2.41. The fourth-order valence-corrected chi connectivity index (χ4v) is 4.71. The number of carbonyl (C=O) groups excluding carboxylic acids is 1. The monoisotopic (exact) mass is 609 g/mol. The zero-order valence-corrected chi connectivity index (χ0v) is 22.5. The fraction of sp³-hybridized carbons (Fsp3) is 0.194. The van der Waals surface area contributed by atoms with Crippen molar-refractivity contribution in [3.8, 4) is 11.5 Å². The molecule has 0 heterocycles. The van der Waals surface area contributed by atoms with Crippen LogP contribution >= 0.6 is 0 Å². The van der Waals surface area contributed by atoms with Crippen molar-refractivity contribution in [2.75, 3.05) is 14.2 Å². The van der Waals surface area contributed by atoms with Crippen LogP contribution < -0.4 is 14.8 Å². The Morgan fingerprint density at radius 2 is 1.35 bits per heavy atom. The third-order valence-electron chi connectivity index (χ3n) is 6.77. The molecular formula is C31H23F8NO3. The number of amides is 1. The standard InChI is InChI=1S/C31H23F8NO3/c1-42-26-11-9-20(16-27(26)43-2)29(17-18-6-4-3-5-7-18,21-13-22(30(34,35)36)15-23(32)14-21)40-28(41)19-8-10-25(33)24(12-19)31(37,38)39/h3-16H,17H2,1-2H3,(H,40,41)/t29-/m1/s1. The van der Waals surface area contributed by atoms with Crippen molar-refractivity contribution in [1.29, 1.82) is 0 Å². The summed E-state index contributed by atoms with van der Waals surface area (Å²) in [7, 11) is 2.63. The fourth-order valence-electron chi connectivity index (χ4n) is 4.71. The van der Waals surface area contributed by atoms with Gasteiger partial charge in [-0.2, -0.15) is 26.3 Å². The molecule has 0 radical (unpaired) electrons. The minimum absolute atomic E-state index is 0.0826. The molecule has 4 nitrogen and oxygen atoms in total. The van der Waals surface area contributed by atoms with E-state index in [1.54, 1.807) is 30.3 Å². The van der Waals surface area contributed by atoms with Crippen LogP contribution in [0.3, 0.4) is 0 Å². The van der Waals surface area contributed by atoms with Gasteiger partial charge in [0.25, 0.3) is 5.91 Å². The third kappa shape index (κ3) is 6.73. The van der Waals surface area contributed by atoms with E-state index in [1.165, 1.54) is 32.4 Å². The Labute approximate surface area is 240 Å². The summed E-state index contributed by atoms with van der Waals surface area (Å²) in [6.45, 7) is 0. The topological polar surface area (TPSA) is 47.6 Å². The van der Waals surface area contributed by atoms with Crippen molar-refractivity contribution in [3.05, 3.63) is 130 Å². The Hall–Kier alpha value is -4.61. The molecule has 0 aromatic heterocycles. The summed E-state index contributed by atoms with van der Waals surface area (Å²) in [5.41, 5.74) is -5.58. The lowest BCUT2D eigenvalue weighted by Gasteiger charge is -2.37. The van der Waals surface area contributed by atoms with Gasteiger partial charge >= 0.3 is 12.4 Å². The van der Waals surface area contributed by atoms with E-state index < -0.39 is 52.1 Å². The molecular weight excluding hydrogens is 586 g/mol. The molecule has 1 amide bonds. The zero-order valence-electron chi connectivity index (χ0n) is 22.5. The van der Waals surface area contributed by atoms with Gasteiger partial charge in [-0.25, -0.2) is 8.78 Å². The highest BCUT2D eigenvalue weighted by atomic mass is 19.4. The van der Waals surface area contributed by atoms with Crippen molar-refractivity contribution in [2.45, 2.75) is 24.3 Å². The van der Waals surface area contributed by atoms with Gasteiger partial charge in [-0.1, -0.05) is 36.4 Å². The summed E-state index contributed by atoms with van der Waals surface area (Å²) in [6.07, 6.45) is -10.4. The van der Waals surface area contributed by atoms with Gasteiger partial charge in [0.1, 0.15) is 11.6 Å². The molecule has 1 N–H and O–H groups in total. The number of carbonyl (C=O) groups is 1. The van der Waals surface area contributed by atoms with Gasteiger partial charge < -0.3 is 14.8 Å². The molecule has 0 unspecified atom stereocenters. The number of alkyl halides is 6. The van der Waals surface area contributed by atoms with E-state index in [-0.39, 0.29) is 35.1 Å². The normalized spacial score (nSPS) is 13.3. The largest absolute Gasteiger partial charge is 0.493 e. The molecule has 43 heavy (non-hydrogen) atoms.